The molecule has 0 aliphatic carbocycles. The Morgan fingerprint density at radius 2 is 1.88 bits per heavy atom. The zero-order chi connectivity index (χ0) is 12.5. The molecule has 0 fully saturated rings. The summed E-state index contributed by atoms with van der Waals surface area (Å²) in [5.41, 5.74) is -0.823. The molecule has 1 aromatic carbocycles. The number of benzene rings is 1. The van der Waals surface area contributed by atoms with Gasteiger partial charge in [-0.25, -0.2) is 0 Å². The van der Waals surface area contributed by atoms with E-state index in [1.165, 1.54) is 6.07 Å². The van der Waals surface area contributed by atoms with Crippen molar-refractivity contribution in [3.63, 3.8) is 0 Å². The van der Waals surface area contributed by atoms with E-state index in [9.17, 15) is 13.2 Å². The highest BCUT2D eigenvalue weighted by Crippen LogP contribution is 2.36. The molecule has 86 valence electrons. The molecule has 1 aromatic rings. The predicted molar refractivity (Wildman–Crippen MR) is 55.3 cm³/mol. The van der Waals surface area contributed by atoms with Gasteiger partial charge in [-0.15, -0.1) is 0 Å². The Morgan fingerprint density at radius 3 is 2.25 bits per heavy atom. The van der Waals surface area contributed by atoms with Crippen molar-refractivity contribution in [3.05, 3.63) is 33.8 Å². The fourth-order valence-corrected chi connectivity index (χ4v) is 1.74. The van der Waals surface area contributed by atoms with Crippen LogP contribution in [-0.2, 0) is 6.18 Å². The minimum Gasteiger partial charge on any atom is -0.192 e. The molecule has 0 heterocycles. The van der Waals surface area contributed by atoms with Gasteiger partial charge < -0.3 is 0 Å². The quantitative estimate of drug-likeness (QED) is 0.724. The Labute approximate surface area is 96.4 Å². The molecule has 5 heteroatoms. The lowest BCUT2D eigenvalue weighted by molar-refractivity contribution is -0.137. The summed E-state index contributed by atoms with van der Waals surface area (Å²) in [4.78, 5) is 0. The van der Waals surface area contributed by atoms with Crippen LogP contribution in [0.25, 0.3) is 0 Å². The molecule has 1 rings (SSSR count). The standard InChI is InChI=1S/C11H9ClF3N/c1-6(2)8-3-7(5-16)9(4-10(8)12)11(13,14)15/h3-4,6H,1-2H3. The number of nitrogens with zero attached hydrogens (tertiary/aromatic N) is 1. The maximum absolute atomic E-state index is 12.5. The number of nitriles is 1. The molecule has 0 amide bonds. The normalized spacial score (nSPS) is 11.6. The monoisotopic (exact) mass is 247 g/mol. The fraction of sp³-hybridized carbons (Fsp3) is 0.364. The highest BCUT2D eigenvalue weighted by molar-refractivity contribution is 6.31. The van der Waals surface area contributed by atoms with Crippen LogP contribution in [0, 0.1) is 11.3 Å². The Kier molecular flexibility index (Phi) is 3.49. The molecule has 0 aliphatic rings. The Hall–Kier alpha value is -1.21. The van der Waals surface area contributed by atoms with Gasteiger partial charge in [0.05, 0.1) is 17.2 Å². The van der Waals surface area contributed by atoms with E-state index in [1.54, 1.807) is 19.9 Å². The molecular weight excluding hydrogens is 239 g/mol. The van der Waals surface area contributed by atoms with Gasteiger partial charge in [-0.3, -0.25) is 0 Å². The van der Waals surface area contributed by atoms with Gasteiger partial charge in [0.2, 0.25) is 0 Å². The molecular formula is C11H9ClF3N. The van der Waals surface area contributed by atoms with E-state index >= 15 is 0 Å². The molecule has 0 saturated heterocycles. The summed E-state index contributed by atoms with van der Waals surface area (Å²) in [6.07, 6.45) is -4.55. The van der Waals surface area contributed by atoms with Gasteiger partial charge in [-0.05, 0) is 23.6 Å². The number of hydrogen-bond donors (Lipinski definition) is 0. The van der Waals surface area contributed by atoms with E-state index < -0.39 is 11.7 Å². The molecule has 0 radical (unpaired) electrons. The van der Waals surface area contributed by atoms with Gasteiger partial charge in [-0.1, -0.05) is 25.4 Å². The molecule has 0 N–H and O–H groups in total. The molecule has 0 unspecified atom stereocenters. The highest BCUT2D eigenvalue weighted by atomic mass is 35.5. The third-order valence-electron chi connectivity index (χ3n) is 2.18. The van der Waals surface area contributed by atoms with Crippen molar-refractivity contribution in [3.8, 4) is 6.07 Å². The van der Waals surface area contributed by atoms with E-state index in [2.05, 4.69) is 0 Å². The second-order valence-electron chi connectivity index (χ2n) is 3.68. The van der Waals surface area contributed by atoms with Crippen LogP contribution in [0.5, 0.6) is 0 Å². The fourth-order valence-electron chi connectivity index (χ4n) is 1.36. The minimum atomic E-state index is -4.55. The maximum Gasteiger partial charge on any atom is 0.417 e. The van der Waals surface area contributed by atoms with E-state index in [0.29, 0.717) is 5.56 Å². The van der Waals surface area contributed by atoms with Crippen molar-refractivity contribution in [1.82, 2.24) is 0 Å². The first-order valence-electron chi connectivity index (χ1n) is 4.58. The Morgan fingerprint density at radius 1 is 1.31 bits per heavy atom. The summed E-state index contributed by atoms with van der Waals surface area (Å²) in [6.45, 7) is 3.60. The maximum atomic E-state index is 12.5. The van der Waals surface area contributed by atoms with Crippen molar-refractivity contribution in [2.24, 2.45) is 0 Å². The summed E-state index contributed by atoms with van der Waals surface area (Å²) in [6, 6.07) is 3.57. The highest BCUT2D eigenvalue weighted by Gasteiger charge is 2.34. The van der Waals surface area contributed by atoms with Crippen LogP contribution >= 0.6 is 11.6 Å². The number of rotatable bonds is 1. The van der Waals surface area contributed by atoms with Crippen molar-refractivity contribution >= 4 is 11.6 Å². The largest absolute Gasteiger partial charge is 0.417 e. The van der Waals surface area contributed by atoms with Gasteiger partial charge in [0, 0.05) is 5.02 Å². The average molecular weight is 248 g/mol. The minimum absolute atomic E-state index is 0.0260. The molecule has 0 saturated carbocycles. The Balaban J connectivity index is 3.46. The first kappa shape index (κ1) is 12.9. The second-order valence-corrected chi connectivity index (χ2v) is 4.09. The second kappa shape index (κ2) is 4.34. The Bertz CT molecular complexity index is 444. The van der Waals surface area contributed by atoms with Crippen molar-refractivity contribution in [2.45, 2.75) is 25.9 Å². The lowest BCUT2D eigenvalue weighted by Crippen LogP contribution is -2.09. The van der Waals surface area contributed by atoms with Crippen LogP contribution in [0.1, 0.15) is 36.5 Å². The summed E-state index contributed by atoms with van der Waals surface area (Å²) >= 11 is 5.75. The van der Waals surface area contributed by atoms with Crippen LogP contribution in [0.15, 0.2) is 12.1 Å². The molecule has 0 spiro atoms. The summed E-state index contributed by atoms with van der Waals surface area (Å²) < 4.78 is 37.6. The molecule has 0 aliphatic heterocycles. The van der Waals surface area contributed by atoms with E-state index in [0.717, 1.165) is 6.07 Å². The van der Waals surface area contributed by atoms with Crippen molar-refractivity contribution in [1.29, 1.82) is 5.26 Å². The molecule has 0 atom stereocenters. The SMILES string of the molecule is CC(C)c1cc(C#N)c(C(F)(F)F)cc1Cl. The summed E-state index contributed by atoms with van der Waals surface area (Å²) in [7, 11) is 0. The lowest BCUT2D eigenvalue weighted by atomic mass is 9.97. The zero-order valence-electron chi connectivity index (χ0n) is 8.69. The van der Waals surface area contributed by atoms with Crippen LogP contribution in [0.2, 0.25) is 5.02 Å². The number of alkyl halides is 3. The van der Waals surface area contributed by atoms with Crippen molar-refractivity contribution in [2.75, 3.05) is 0 Å². The molecule has 0 aromatic heterocycles. The number of hydrogen-bond acceptors (Lipinski definition) is 1. The first-order valence-corrected chi connectivity index (χ1v) is 4.96. The number of halogens is 4. The topological polar surface area (TPSA) is 23.8 Å². The molecule has 16 heavy (non-hydrogen) atoms. The van der Waals surface area contributed by atoms with Gasteiger partial charge in [0.25, 0.3) is 0 Å². The summed E-state index contributed by atoms with van der Waals surface area (Å²) in [5.74, 6) is -0.0260. The van der Waals surface area contributed by atoms with Gasteiger partial charge >= 0.3 is 6.18 Å². The third-order valence-corrected chi connectivity index (χ3v) is 2.51. The lowest BCUT2D eigenvalue weighted by Gasteiger charge is -2.14. The zero-order valence-corrected chi connectivity index (χ0v) is 9.45. The van der Waals surface area contributed by atoms with Crippen molar-refractivity contribution < 1.29 is 13.2 Å². The first-order chi connectivity index (χ1) is 7.27. The molecule has 1 nitrogen and oxygen atoms in total. The smallest absolute Gasteiger partial charge is 0.192 e. The van der Waals surface area contributed by atoms with Gasteiger partial charge in [-0.2, -0.15) is 18.4 Å². The average Bonchev–Trinajstić information content (AvgIpc) is 2.15. The van der Waals surface area contributed by atoms with Gasteiger partial charge in [0.15, 0.2) is 0 Å². The van der Waals surface area contributed by atoms with Crippen LogP contribution in [0.4, 0.5) is 13.2 Å². The van der Waals surface area contributed by atoms with Crippen LogP contribution < -0.4 is 0 Å². The van der Waals surface area contributed by atoms with E-state index in [1.807, 2.05) is 0 Å². The van der Waals surface area contributed by atoms with E-state index in [4.69, 9.17) is 16.9 Å². The van der Waals surface area contributed by atoms with Gasteiger partial charge in [0.1, 0.15) is 0 Å². The summed E-state index contributed by atoms with van der Waals surface area (Å²) in [5, 5.41) is 8.73. The molecule has 0 bridgehead atoms. The van der Waals surface area contributed by atoms with Crippen LogP contribution in [-0.4, -0.2) is 0 Å². The van der Waals surface area contributed by atoms with Crippen LogP contribution in [0.3, 0.4) is 0 Å². The predicted octanol–water partition coefficient (Wildman–Crippen LogP) is 4.35. The van der Waals surface area contributed by atoms with E-state index in [-0.39, 0.29) is 16.5 Å². The third kappa shape index (κ3) is 2.48.